The number of hydrogen-bond donors (Lipinski definition) is 2. The molecule has 0 aliphatic carbocycles. The Balaban J connectivity index is 1.63. The van der Waals surface area contributed by atoms with Crippen molar-refractivity contribution in [2.75, 3.05) is 5.32 Å². The molecule has 2 N–H and O–H groups in total. The number of anilines is 1. The Morgan fingerprint density at radius 1 is 1.00 bits per heavy atom. The molecule has 2 aromatic carbocycles. The smallest absolute Gasteiger partial charge is 0.408 e. The van der Waals surface area contributed by atoms with Gasteiger partial charge < -0.3 is 24.5 Å². The Morgan fingerprint density at radius 3 is 2.35 bits per heavy atom. The molecular weight excluding hydrogens is 589 g/mol. The molecule has 1 unspecified atom stereocenters. The van der Waals surface area contributed by atoms with Crippen LogP contribution in [0.25, 0.3) is 22.4 Å². The van der Waals surface area contributed by atoms with E-state index in [0.29, 0.717) is 21.3 Å². The van der Waals surface area contributed by atoms with Gasteiger partial charge in [0.15, 0.2) is 0 Å². The maximum absolute atomic E-state index is 13.6. The molecule has 2 heterocycles. The Labute approximate surface area is 260 Å². The van der Waals surface area contributed by atoms with Crippen molar-refractivity contribution in [3.05, 3.63) is 93.2 Å². The van der Waals surface area contributed by atoms with Crippen LogP contribution < -0.4 is 16.2 Å². The monoisotopic (exact) mass is 623 g/mol. The SMILES string of the molecule is CC(C)n1cc(-c2ccc(Cl)c(CC(NC(=O)OC(C)(C)C)C(=O)Nc3ccc(-c4cncn4C)c(Cl)c3)c2)ccc1=O. The number of nitrogens with zero attached hydrogens (tertiary/aromatic N) is 3. The number of alkyl carbamates (subject to hydrolysis) is 1. The molecule has 0 bridgehead atoms. The predicted molar refractivity (Wildman–Crippen MR) is 171 cm³/mol. The van der Waals surface area contributed by atoms with E-state index in [1.165, 1.54) is 6.07 Å². The van der Waals surface area contributed by atoms with E-state index in [9.17, 15) is 14.4 Å². The van der Waals surface area contributed by atoms with Gasteiger partial charge in [-0.1, -0.05) is 29.3 Å². The first-order valence-electron chi connectivity index (χ1n) is 13.8. The minimum Gasteiger partial charge on any atom is -0.444 e. The van der Waals surface area contributed by atoms with Gasteiger partial charge in [-0.25, -0.2) is 9.78 Å². The van der Waals surface area contributed by atoms with Crippen LogP contribution in [-0.2, 0) is 23.0 Å². The summed E-state index contributed by atoms with van der Waals surface area (Å²) in [6.45, 7) is 9.09. The van der Waals surface area contributed by atoms with Crippen molar-refractivity contribution >= 4 is 40.9 Å². The summed E-state index contributed by atoms with van der Waals surface area (Å²) in [7, 11) is 1.86. The van der Waals surface area contributed by atoms with Gasteiger partial charge in [-0.15, -0.1) is 0 Å². The Morgan fingerprint density at radius 2 is 1.72 bits per heavy atom. The standard InChI is InChI=1S/C32H35Cl2N5O4/c1-19(2)39-17-21(8-12-29(39)40)20-7-11-25(33)22(13-20)14-27(37-31(42)43-32(3,4)5)30(41)36-23-9-10-24(26(34)15-23)28-16-35-18-38(28)6/h7-13,15-19,27H,14H2,1-6H3,(H,36,41)(H,37,42). The molecule has 0 saturated heterocycles. The van der Waals surface area contributed by atoms with Gasteiger partial charge in [0, 0.05) is 48.0 Å². The summed E-state index contributed by atoms with van der Waals surface area (Å²) in [5.41, 5.74) is 3.42. The van der Waals surface area contributed by atoms with Crippen LogP contribution in [0.3, 0.4) is 0 Å². The summed E-state index contributed by atoms with van der Waals surface area (Å²) in [4.78, 5) is 42.8. The summed E-state index contributed by atoms with van der Waals surface area (Å²) in [5.74, 6) is -0.481. The zero-order valence-electron chi connectivity index (χ0n) is 24.9. The van der Waals surface area contributed by atoms with Gasteiger partial charge in [0.05, 0.1) is 23.2 Å². The molecule has 9 nitrogen and oxygen atoms in total. The van der Waals surface area contributed by atoms with Gasteiger partial charge in [-0.05, 0) is 87.7 Å². The number of ether oxygens (including phenoxy) is 1. The van der Waals surface area contributed by atoms with E-state index in [0.717, 1.165) is 22.4 Å². The lowest BCUT2D eigenvalue weighted by atomic mass is 9.99. The molecule has 0 aliphatic heterocycles. The number of benzene rings is 2. The number of imidazole rings is 1. The highest BCUT2D eigenvalue weighted by atomic mass is 35.5. The van der Waals surface area contributed by atoms with E-state index in [1.54, 1.807) is 74.4 Å². The van der Waals surface area contributed by atoms with Crippen LogP contribution >= 0.6 is 23.2 Å². The van der Waals surface area contributed by atoms with Crippen molar-refractivity contribution in [3.8, 4) is 22.4 Å². The lowest BCUT2D eigenvalue weighted by Crippen LogP contribution is -2.47. The van der Waals surface area contributed by atoms with Gasteiger partial charge in [0.1, 0.15) is 11.6 Å². The van der Waals surface area contributed by atoms with E-state index in [2.05, 4.69) is 15.6 Å². The normalized spacial score (nSPS) is 12.2. The molecule has 2 amide bonds. The number of aryl methyl sites for hydroxylation is 1. The average Bonchev–Trinajstić information content (AvgIpc) is 3.34. The number of carbonyl (C=O) groups excluding carboxylic acids is 2. The van der Waals surface area contributed by atoms with Crippen LogP contribution in [0.15, 0.2) is 72.0 Å². The maximum atomic E-state index is 13.6. The summed E-state index contributed by atoms with van der Waals surface area (Å²) in [6, 6.07) is 12.8. The number of rotatable bonds is 8. The number of amides is 2. The third-order valence-corrected chi connectivity index (χ3v) is 7.32. The van der Waals surface area contributed by atoms with Crippen LogP contribution in [0.5, 0.6) is 0 Å². The molecule has 2 aromatic heterocycles. The number of nitrogens with one attached hydrogen (secondary N) is 2. The molecule has 0 radical (unpaired) electrons. The number of pyridine rings is 1. The topological polar surface area (TPSA) is 107 Å². The molecule has 0 aliphatic rings. The summed E-state index contributed by atoms with van der Waals surface area (Å²) >= 11 is 13.1. The zero-order chi connectivity index (χ0) is 31.5. The van der Waals surface area contributed by atoms with Crippen LogP contribution in [0.1, 0.15) is 46.2 Å². The highest BCUT2D eigenvalue weighted by Gasteiger charge is 2.26. The van der Waals surface area contributed by atoms with E-state index in [4.69, 9.17) is 27.9 Å². The molecular formula is C32H35Cl2N5O4. The first kappa shape index (κ1) is 31.8. The second kappa shape index (κ2) is 13.1. The Hall–Kier alpha value is -4.08. The molecule has 43 heavy (non-hydrogen) atoms. The maximum Gasteiger partial charge on any atom is 0.408 e. The largest absolute Gasteiger partial charge is 0.444 e. The molecule has 11 heteroatoms. The molecule has 4 rings (SSSR count). The Bertz CT molecular complexity index is 1700. The highest BCUT2D eigenvalue weighted by molar-refractivity contribution is 6.33. The zero-order valence-corrected chi connectivity index (χ0v) is 26.5. The fourth-order valence-electron chi connectivity index (χ4n) is 4.51. The van der Waals surface area contributed by atoms with E-state index in [-0.39, 0.29) is 18.0 Å². The fraction of sp³-hybridized carbons (Fsp3) is 0.312. The highest BCUT2D eigenvalue weighted by Crippen LogP contribution is 2.30. The van der Waals surface area contributed by atoms with Crippen molar-refractivity contribution < 1.29 is 14.3 Å². The predicted octanol–water partition coefficient (Wildman–Crippen LogP) is 6.88. The van der Waals surface area contributed by atoms with Crippen LogP contribution in [-0.4, -0.2) is 37.8 Å². The summed E-state index contributed by atoms with van der Waals surface area (Å²) < 4.78 is 8.93. The van der Waals surface area contributed by atoms with E-state index < -0.39 is 23.6 Å². The molecule has 1 atom stereocenters. The van der Waals surface area contributed by atoms with Crippen LogP contribution in [0.2, 0.25) is 10.0 Å². The first-order valence-corrected chi connectivity index (χ1v) is 14.5. The third kappa shape index (κ3) is 8.06. The van der Waals surface area contributed by atoms with Gasteiger partial charge in [-0.3, -0.25) is 9.59 Å². The van der Waals surface area contributed by atoms with Crippen molar-refractivity contribution in [2.45, 2.75) is 58.7 Å². The molecule has 0 fully saturated rings. The quantitative estimate of drug-likeness (QED) is 0.222. The number of aromatic nitrogens is 3. The van der Waals surface area contributed by atoms with Crippen molar-refractivity contribution in [2.24, 2.45) is 7.05 Å². The summed E-state index contributed by atoms with van der Waals surface area (Å²) in [5, 5.41) is 6.40. The number of carbonyl (C=O) groups is 2. The van der Waals surface area contributed by atoms with Gasteiger partial charge in [0.25, 0.3) is 5.56 Å². The fourth-order valence-corrected chi connectivity index (χ4v) is 4.99. The second-order valence-corrected chi connectivity index (χ2v) is 12.4. The van der Waals surface area contributed by atoms with Gasteiger partial charge in [-0.2, -0.15) is 0 Å². The van der Waals surface area contributed by atoms with E-state index in [1.807, 2.05) is 37.6 Å². The second-order valence-electron chi connectivity index (χ2n) is 11.5. The molecule has 226 valence electrons. The lowest BCUT2D eigenvalue weighted by Gasteiger charge is -2.24. The molecule has 4 aromatic rings. The van der Waals surface area contributed by atoms with Crippen molar-refractivity contribution in [3.63, 3.8) is 0 Å². The van der Waals surface area contributed by atoms with Crippen molar-refractivity contribution in [1.29, 1.82) is 0 Å². The lowest BCUT2D eigenvalue weighted by molar-refractivity contribution is -0.118. The van der Waals surface area contributed by atoms with Gasteiger partial charge in [0.2, 0.25) is 5.91 Å². The minimum atomic E-state index is -1.04. The van der Waals surface area contributed by atoms with E-state index >= 15 is 0 Å². The van der Waals surface area contributed by atoms with Crippen LogP contribution in [0, 0.1) is 0 Å². The Kier molecular flexibility index (Phi) is 9.67. The van der Waals surface area contributed by atoms with Crippen molar-refractivity contribution in [1.82, 2.24) is 19.4 Å². The first-order chi connectivity index (χ1) is 20.2. The van der Waals surface area contributed by atoms with Gasteiger partial charge >= 0.3 is 6.09 Å². The number of hydrogen-bond acceptors (Lipinski definition) is 5. The number of halogens is 2. The average molecular weight is 625 g/mol. The minimum absolute atomic E-state index is 0.0166. The molecule has 0 spiro atoms. The summed E-state index contributed by atoms with van der Waals surface area (Å²) in [6.07, 6.45) is 4.50. The third-order valence-electron chi connectivity index (χ3n) is 6.63. The van der Waals surface area contributed by atoms with Crippen LogP contribution in [0.4, 0.5) is 10.5 Å². The molecule has 0 saturated carbocycles.